The molecule has 0 aromatic heterocycles. The third kappa shape index (κ3) is 8.49. The highest BCUT2D eigenvalue weighted by molar-refractivity contribution is 6.34. The molecule has 0 saturated carbocycles. The van der Waals surface area contributed by atoms with Crippen molar-refractivity contribution in [1.82, 2.24) is 10.2 Å². The van der Waals surface area contributed by atoms with E-state index >= 15 is 0 Å². The van der Waals surface area contributed by atoms with Crippen molar-refractivity contribution < 1.29 is 19.1 Å². The van der Waals surface area contributed by atoms with Gasteiger partial charge in [-0.05, 0) is 57.2 Å². The number of hydrogen-bond donors (Lipinski definition) is 2. The fraction of sp³-hybridized carbons (Fsp3) is 0.483. The first-order valence-corrected chi connectivity index (χ1v) is 13.2. The second-order valence-electron chi connectivity index (χ2n) is 10.3. The van der Waals surface area contributed by atoms with Gasteiger partial charge in [-0.1, -0.05) is 81.3 Å². The molecule has 8 heteroatoms. The molecule has 3 atom stereocenters. The molecule has 37 heavy (non-hydrogen) atoms. The van der Waals surface area contributed by atoms with E-state index in [1.807, 2.05) is 70.2 Å². The first-order chi connectivity index (χ1) is 17.4. The van der Waals surface area contributed by atoms with Gasteiger partial charge in [-0.3, -0.25) is 9.59 Å². The van der Waals surface area contributed by atoms with Crippen molar-refractivity contribution in [3.05, 3.63) is 64.7 Å². The fourth-order valence-corrected chi connectivity index (χ4v) is 4.26. The van der Waals surface area contributed by atoms with Crippen LogP contribution < -0.4 is 10.6 Å². The number of carbonyl (C=O) groups excluding carboxylic acids is 3. The zero-order valence-electron chi connectivity index (χ0n) is 22.9. The molecule has 3 amide bonds. The number of hydrogen-bond acceptors (Lipinski definition) is 4. The highest BCUT2D eigenvalue weighted by atomic mass is 35.5. The number of ether oxygens (including phenoxy) is 1. The largest absolute Gasteiger partial charge is 0.444 e. The molecule has 2 rings (SSSR count). The minimum absolute atomic E-state index is 0.190. The predicted octanol–water partition coefficient (Wildman–Crippen LogP) is 6.51. The van der Waals surface area contributed by atoms with Crippen molar-refractivity contribution >= 4 is 35.2 Å². The van der Waals surface area contributed by atoms with Gasteiger partial charge < -0.3 is 20.3 Å². The van der Waals surface area contributed by atoms with E-state index in [1.165, 1.54) is 0 Å². The number of rotatable bonds is 10. The van der Waals surface area contributed by atoms with Crippen LogP contribution in [0.1, 0.15) is 71.6 Å². The lowest BCUT2D eigenvalue weighted by Gasteiger charge is -2.36. The zero-order valence-corrected chi connectivity index (χ0v) is 23.7. The van der Waals surface area contributed by atoms with Crippen LogP contribution in [0.15, 0.2) is 48.5 Å². The topological polar surface area (TPSA) is 87.7 Å². The molecule has 0 saturated heterocycles. The van der Waals surface area contributed by atoms with Gasteiger partial charge in [0, 0.05) is 6.54 Å². The molecule has 0 spiro atoms. The summed E-state index contributed by atoms with van der Waals surface area (Å²) >= 11 is 6.39. The lowest BCUT2D eigenvalue weighted by atomic mass is 9.95. The molecule has 202 valence electrons. The molecule has 0 aliphatic carbocycles. The third-order valence-electron chi connectivity index (χ3n) is 6.04. The molecule has 0 heterocycles. The molecule has 0 radical (unpaired) electrons. The van der Waals surface area contributed by atoms with E-state index in [0.29, 0.717) is 35.7 Å². The summed E-state index contributed by atoms with van der Waals surface area (Å²) < 4.78 is 5.44. The number of nitrogens with zero attached hydrogens (tertiary/aromatic N) is 1. The van der Waals surface area contributed by atoms with Gasteiger partial charge in [0.05, 0.1) is 10.7 Å². The molecular weight excluding hydrogens is 490 g/mol. The summed E-state index contributed by atoms with van der Waals surface area (Å²) in [5.74, 6) is -0.920. The first-order valence-electron chi connectivity index (χ1n) is 12.8. The van der Waals surface area contributed by atoms with Crippen molar-refractivity contribution in [1.29, 1.82) is 0 Å². The maximum Gasteiger partial charge on any atom is 0.408 e. The second kappa shape index (κ2) is 13.5. The lowest BCUT2D eigenvalue weighted by molar-refractivity contribution is -0.141. The number of anilines is 1. The van der Waals surface area contributed by atoms with Gasteiger partial charge >= 0.3 is 6.09 Å². The number of halogens is 1. The van der Waals surface area contributed by atoms with Crippen LogP contribution in [0.25, 0.3) is 0 Å². The van der Waals surface area contributed by atoms with Crippen molar-refractivity contribution in [3.63, 3.8) is 0 Å². The van der Waals surface area contributed by atoms with E-state index in [1.54, 1.807) is 31.7 Å². The summed E-state index contributed by atoms with van der Waals surface area (Å²) in [7, 11) is 0. The summed E-state index contributed by atoms with van der Waals surface area (Å²) in [4.78, 5) is 42.1. The quantitative estimate of drug-likeness (QED) is 0.367. The van der Waals surface area contributed by atoms with Crippen molar-refractivity contribution in [3.8, 4) is 0 Å². The number of alkyl carbamates (subject to hydrolysis) is 1. The summed E-state index contributed by atoms with van der Waals surface area (Å²) in [6, 6.07) is 12.7. The second-order valence-corrected chi connectivity index (χ2v) is 10.7. The number of carbonyl (C=O) groups is 3. The Morgan fingerprint density at radius 1 is 1.03 bits per heavy atom. The first kappa shape index (κ1) is 30.2. The van der Waals surface area contributed by atoms with Crippen molar-refractivity contribution in [2.45, 2.75) is 79.0 Å². The normalized spacial score (nSPS) is 13.7. The Labute approximate surface area is 225 Å². The fourth-order valence-electron chi connectivity index (χ4n) is 3.99. The van der Waals surface area contributed by atoms with Crippen LogP contribution in [0.5, 0.6) is 0 Å². The molecule has 0 aliphatic heterocycles. The summed E-state index contributed by atoms with van der Waals surface area (Å²) in [6.07, 6.45) is 0.593. The van der Waals surface area contributed by atoms with Gasteiger partial charge in [0.25, 0.3) is 5.91 Å². The zero-order chi connectivity index (χ0) is 27.8. The summed E-state index contributed by atoms with van der Waals surface area (Å²) in [5, 5.41) is 6.13. The van der Waals surface area contributed by atoms with Gasteiger partial charge in [-0.25, -0.2) is 4.79 Å². The van der Waals surface area contributed by atoms with E-state index < -0.39 is 23.8 Å². The standard InChI is InChI=1S/C29H40ClN3O4/c1-8-18-33(27(35)24(19(3)9-2)32-28(36)37-29(5,6)7)25(21-15-11-10-12-16-21)26(34)31-23-20(4)14-13-17-22(23)30/h10-17,19,24-25H,8-9,18H2,1-7H3,(H,31,34)(H,32,36). The number of benzene rings is 2. The average Bonchev–Trinajstić information content (AvgIpc) is 2.83. The number of aryl methyl sites for hydroxylation is 1. The molecule has 0 fully saturated rings. The Hall–Kier alpha value is -3.06. The van der Waals surface area contributed by atoms with E-state index in [9.17, 15) is 14.4 Å². The van der Waals surface area contributed by atoms with Crippen molar-refractivity contribution in [2.24, 2.45) is 5.92 Å². The van der Waals surface area contributed by atoms with Gasteiger partial charge in [0.2, 0.25) is 5.91 Å². The van der Waals surface area contributed by atoms with Gasteiger partial charge in [-0.15, -0.1) is 0 Å². The molecule has 2 aromatic carbocycles. The predicted molar refractivity (Wildman–Crippen MR) is 149 cm³/mol. The smallest absolute Gasteiger partial charge is 0.408 e. The molecule has 2 aromatic rings. The molecular formula is C29H40ClN3O4. The Bertz CT molecular complexity index is 1050. The van der Waals surface area contributed by atoms with Crippen LogP contribution in [-0.2, 0) is 14.3 Å². The summed E-state index contributed by atoms with van der Waals surface area (Å²) in [6.45, 7) is 13.3. The van der Waals surface area contributed by atoms with Crippen LogP contribution in [0.2, 0.25) is 5.02 Å². The summed E-state index contributed by atoms with van der Waals surface area (Å²) in [5.41, 5.74) is 1.26. The highest BCUT2D eigenvalue weighted by Crippen LogP contribution is 2.30. The average molecular weight is 530 g/mol. The Morgan fingerprint density at radius 3 is 2.22 bits per heavy atom. The number of nitrogens with one attached hydrogen (secondary N) is 2. The van der Waals surface area contributed by atoms with Gasteiger partial charge in [-0.2, -0.15) is 0 Å². The SMILES string of the molecule is CCCN(C(=O)C(NC(=O)OC(C)(C)C)C(C)CC)C(C(=O)Nc1c(C)cccc1Cl)c1ccccc1. The third-order valence-corrected chi connectivity index (χ3v) is 6.36. The van der Waals surface area contributed by atoms with Crippen LogP contribution in [0, 0.1) is 12.8 Å². The van der Waals surface area contributed by atoms with E-state index in [4.69, 9.17) is 16.3 Å². The Kier molecular flexibility index (Phi) is 11.0. The molecule has 7 nitrogen and oxygen atoms in total. The number of para-hydroxylation sites is 1. The Balaban J connectivity index is 2.51. The van der Waals surface area contributed by atoms with Crippen LogP contribution >= 0.6 is 11.6 Å². The van der Waals surface area contributed by atoms with Crippen LogP contribution in [0.4, 0.5) is 10.5 Å². The van der Waals surface area contributed by atoms with Crippen LogP contribution in [0.3, 0.4) is 0 Å². The number of amides is 3. The molecule has 0 bridgehead atoms. The highest BCUT2D eigenvalue weighted by Gasteiger charge is 2.38. The van der Waals surface area contributed by atoms with E-state index in [2.05, 4.69) is 10.6 Å². The minimum Gasteiger partial charge on any atom is -0.444 e. The maximum atomic E-state index is 14.1. The maximum absolute atomic E-state index is 14.1. The van der Waals surface area contributed by atoms with E-state index in [0.717, 1.165) is 5.56 Å². The molecule has 0 aliphatic rings. The van der Waals surface area contributed by atoms with Crippen molar-refractivity contribution in [2.75, 3.05) is 11.9 Å². The van der Waals surface area contributed by atoms with Crippen LogP contribution in [-0.4, -0.2) is 41.0 Å². The molecule has 3 unspecified atom stereocenters. The van der Waals surface area contributed by atoms with Gasteiger partial charge in [0.1, 0.15) is 17.7 Å². The van der Waals surface area contributed by atoms with E-state index in [-0.39, 0.29) is 17.7 Å². The monoisotopic (exact) mass is 529 g/mol. The minimum atomic E-state index is -0.934. The lowest BCUT2D eigenvalue weighted by Crippen LogP contribution is -2.54. The molecule has 2 N–H and O–H groups in total. The van der Waals surface area contributed by atoms with Gasteiger partial charge in [0.15, 0.2) is 0 Å². The Morgan fingerprint density at radius 2 is 1.68 bits per heavy atom.